The number of hydrogen-bond acceptors (Lipinski definition) is 2. The number of nitrogens with zero attached hydrogens (tertiary/aromatic N) is 2. The first-order valence-electron chi connectivity index (χ1n) is 10.9. The van der Waals surface area contributed by atoms with Crippen molar-refractivity contribution in [3.63, 3.8) is 0 Å². The van der Waals surface area contributed by atoms with E-state index in [1.54, 1.807) is 0 Å². The Labute approximate surface area is 178 Å². The van der Waals surface area contributed by atoms with Gasteiger partial charge in [0.1, 0.15) is 0 Å². The van der Waals surface area contributed by atoms with Crippen molar-refractivity contribution in [1.29, 1.82) is 0 Å². The van der Waals surface area contributed by atoms with E-state index in [9.17, 15) is 4.79 Å². The Morgan fingerprint density at radius 1 is 0.700 bits per heavy atom. The van der Waals surface area contributed by atoms with Crippen LogP contribution in [0.1, 0.15) is 43.7 Å². The van der Waals surface area contributed by atoms with Crippen molar-refractivity contribution in [1.82, 2.24) is 4.90 Å². The molecule has 30 heavy (non-hydrogen) atoms. The molecule has 3 heteroatoms. The zero-order chi connectivity index (χ0) is 20.7. The molecule has 0 aliphatic carbocycles. The zero-order valence-electron chi connectivity index (χ0n) is 17.8. The van der Waals surface area contributed by atoms with Gasteiger partial charge in [-0.2, -0.15) is 0 Å². The van der Waals surface area contributed by atoms with Crippen molar-refractivity contribution in [3.05, 3.63) is 99.6 Å². The average molecular weight is 397 g/mol. The summed E-state index contributed by atoms with van der Waals surface area (Å²) in [5, 5.41) is 0. The van der Waals surface area contributed by atoms with Crippen LogP contribution in [0.15, 0.2) is 60.7 Å². The molecule has 3 nitrogen and oxygen atoms in total. The summed E-state index contributed by atoms with van der Waals surface area (Å²) in [7, 11) is 0. The third kappa shape index (κ3) is 3.28. The van der Waals surface area contributed by atoms with Crippen molar-refractivity contribution < 1.29 is 4.79 Å². The third-order valence-electron chi connectivity index (χ3n) is 6.88. The number of fused-ring (bicyclic) bond motifs is 2. The van der Waals surface area contributed by atoms with Crippen LogP contribution in [0.2, 0.25) is 0 Å². The van der Waals surface area contributed by atoms with Gasteiger partial charge in [0.05, 0.1) is 0 Å². The predicted octanol–water partition coefficient (Wildman–Crippen LogP) is 5.06. The van der Waals surface area contributed by atoms with E-state index < -0.39 is 0 Å². The van der Waals surface area contributed by atoms with Gasteiger partial charge in [-0.05, 0) is 72.2 Å². The molecule has 0 N–H and O–H groups in total. The molecule has 0 atom stereocenters. The molecule has 2 heterocycles. The lowest BCUT2D eigenvalue weighted by atomic mass is 9.95. The molecule has 0 fully saturated rings. The van der Waals surface area contributed by atoms with Crippen LogP contribution in [0.4, 0.5) is 5.69 Å². The van der Waals surface area contributed by atoms with Gasteiger partial charge >= 0.3 is 0 Å². The second kappa shape index (κ2) is 7.64. The Bertz CT molecular complexity index is 1120. The minimum absolute atomic E-state index is 0.153. The normalized spacial score (nSPS) is 15.5. The maximum Gasteiger partial charge on any atom is 0.254 e. The largest absolute Gasteiger partial charge is 0.367 e. The second-order valence-corrected chi connectivity index (χ2v) is 8.57. The van der Waals surface area contributed by atoms with Gasteiger partial charge in [-0.15, -0.1) is 0 Å². The molecule has 152 valence electrons. The Hall–Kier alpha value is -3.07. The Morgan fingerprint density at radius 2 is 1.30 bits per heavy atom. The van der Waals surface area contributed by atoms with Gasteiger partial charge in [-0.1, -0.05) is 48.5 Å². The highest BCUT2D eigenvalue weighted by molar-refractivity contribution is 5.96. The minimum Gasteiger partial charge on any atom is -0.367 e. The maximum absolute atomic E-state index is 13.3. The van der Waals surface area contributed by atoms with E-state index >= 15 is 0 Å². The topological polar surface area (TPSA) is 23.6 Å². The zero-order valence-corrected chi connectivity index (χ0v) is 17.8. The second-order valence-electron chi connectivity index (χ2n) is 8.57. The van der Waals surface area contributed by atoms with Crippen molar-refractivity contribution in [2.24, 2.45) is 0 Å². The summed E-state index contributed by atoms with van der Waals surface area (Å²) >= 11 is 0. The van der Waals surface area contributed by atoms with E-state index in [0.717, 1.165) is 43.6 Å². The fourth-order valence-corrected chi connectivity index (χ4v) is 4.92. The number of benzene rings is 3. The van der Waals surface area contributed by atoms with Crippen molar-refractivity contribution in [3.8, 4) is 0 Å². The Morgan fingerprint density at radius 3 is 2.00 bits per heavy atom. The highest BCUT2D eigenvalue weighted by Gasteiger charge is 2.25. The molecule has 0 spiro atoms. The molecule has 0 saturated heterocycles. The highest BCUT2D eigenvalue weighted by atomic mass is 16.2. The molecule has 3 aromatic carbocycles. The van der Waals surface area contributed by atoms with Crippen molar-refractivity contribution in [2.45, 2.75) is 39.8 Å². The summed E-state index contributed by atoms with van der Waals surface area (Å²) in [6.45, 7) is 7.71. The summed E-state index contributed by atoms with van der Waals surface area (Å²) in [5.74, 6) is 0.153. The summed E-state index contributed by atoms with van der Waals surface area (Å²) in [4.78, 5) is 17.8. The number of amides is 1. The fourth-order valence-electron chi connectivity index (χ4n) is 4.92. The lowest BCUT2D eigenvalue weighted by Crippen LogP contribution is -2.36. The monoisotopic (exact) mass is 396 g/mol. The number of carbonyl (C=O) groups excluding carboxylic acids is 1. The molecule has 0 radical (unpaired) electrons. The standard InChI is InChI=1S/C27H28N2O/c1-19-20(2)26(28-15-13-21-7-3-5-9-23(21)17-28)12-11-25(19)27(30)29-16-14-22-8-4-6-10-24(22)18-29/h3-12H,13-18H2,1-2H3. The van der Waals surface area contributed by atoms with Gasteiger partial charge in [-0.25, -0.2) is 0 Å². The quantitative estimate of drug-likeness (QED) is 0.604. The van der Waals surface area contributed by atoms with Gasteiger partial charge in [0.2, 0.25) is 0 Å². The molecular weight excluding hydrogens is 368 g/mol. The third-order valence-corrected chi connectivity index (χ3v) is 6.88. The first-order chi connectivity index (χ1) is 14.6. The van der Waals surface area contributed by atoms with Gasteiger partial charge < -0.3 is 9.80 Å². The van der Waals surface area contributed by atoms with Crippen LogP contribution < -0.4 is 4.90 Å². The first kappa shape index (κ1) is 18.9. The van der Waals surface area contributed by atoms with Crippen molar-refractivity contribution >= 4 is 11.6 Å². The van der Waals surface area contributed by atoms with Crippen LogP contribution in [0, 0.1) is 13.8 Å². The van der Waals surface area contributed by atoms with E-state index in [2.05, 4.69) is 73.3 Å². The molecule has 1 amide bonds. The maximum atomic E-state index is 13.3. The molecule has 2 aliphatic heterocycles. The first-order valence-corrected chi connectivity index (χ1v) is 10.9. The van der Waals surface area contributed by atoms with Crippen LogP contribution in [0.25, 0.3) is 0 Å². The van der Waals surface area contributed by atoms with Crippen LogP contribution in [0.3, 0.4) is 0 Å². The lowest BCUT2D eigenvalue weighted by Gasteiger charge is -2.33. The van der Waals surface area contributed by atoms with Gasteiger partial charge in [-0.3, -0.25) is 4.79 Å². The van der Waals surface area contributed by atoms with Gasteiger partial charge in [0, 0.05) is 37.4 Å². The number of hydrogen-bond donors (Lipinski definition) is 0. The highest BCUT2D eigenvalue weighted by Crippen LogP contribution is 2.31. The van der Waals surface area contributed by atoms with Crippen LogP contribution >= 0.6 is 0 Å². The minimum atomic E-state index is 0.153. The molecular formula is C27H28N2O. The smallest absolute Gasteiger partial charge is 0.254 e. The SMILES string of the molecule is Cc1c(C(=O)N2CCc3ccccc3C2)ccc(N2CCc3ccccc3C2)c1C. The Balaban J connectivity index is 1.39. The van der Waals surface area contributed by atoms with Gasteiger partial charge in [0.15, 0.2) is 0 Å². The summed E-state index contributed by atoms with van der Waals surface area (Å²) in [5.41, 5.74) is 9.93. The molecule has 2 aliphatic rings. The molecule has 5 rings (SSSR count). The molecule has 0 bridgehead atoms. The summed E-state index contributed by atoms with van der Waals surface area (Å²) in [6, 6.07) is 21.4. The number of carbonyl (C=O) groups is 1. The van der Waals surface area contributed by atoms with E-state index in [4.69, 9.17) is 0 Å². The van der Waals surface area contributed by atoms with Crippen LogP contribution in [-0.2, 0) is 25.9 Å². The van der Waals surface area contributed by atoms with Crippen LogP contribution in [-0.4, -0.2) is 23.9 Å². The molecule has 0 aromatic heterocycles. The number of rotatable bonds is 2. The van der Waals surface area contributed by atoms with E-state index in [1.165, 1.54) is 33.5 Å². The van der Waals surface area contributed by atoms with E-state index in [1.807, 2.05) is 11.0 Å². The molecule has 0 unspecified atom stereocenters. The Kier molecular flexibility index (Phi) is 4.82. The number of anilines is 1. The van der Waals surface area contributed by atoms with Crippen molar-refractivity contribution in [2.75, 3.05) is 18.0 Å². The average Bonchev–Trinajstić information content (AvgIpc) is 2.80. The van der Waals surface area contributed by atoms with E-state index in [0.29, 0.717) is 6.54 Å². The summed E-state index contributed by atoms with van der Waals surface area (Å²) < 4.78 is 0. The van der Waals surface area contributed by atoms with Crippen LogP contribution in [0.5, 0.6) is 0 Å². The summed E-state index contributed by atoms with van der Waals surface area (Å²) in [6.07, 6.45) is 2.01. The molecule has 0 saturated carbocycles. The van der Waals surface area contributed by atoms with E-state index in [-0.39, 0.29) is 5.91 Å². The fraction of sp³-hybridized carbons (Fsp3) is 0.296. The predicted molar refractivity (Wildman–Crippen MR) is 122 cm³/mol. The lowest BCUT2D eigenvalue weighted by molar-refractivity contribution is 0.0734. The molecule has 3 aromatic rings. The van der Waals surface area contributed by atoms with Gasteiger partial charge in [0.25, 0.3) is 5.91 Å².